The minimum atomic E-state index is -0.204. The first-order valence-electron chi connectivity index (χ1n) is 9.23. The lowest BCUT2D eigenvalue weighted by Crippen LogP contribution is -2.45. The number of hydrogen-bond donors (Lipinski definition) is 1. The van der Waals surface area contributed by atoms with Gasteiger partial charge >= 0.3 is 0 Å². The largest absolute Gasteiger partial charge is 0.482 e. The summed E-state index contributed by atoms with van der Waals surface area (Å²) in [5.74, 6) is 0.273. The van der Waals surface area contributed by atoms with E-state index >= 15 is 0 Å². The van der Waals surface area contributed by atoms with Crippen molar-refractivity contribution in [2.45, 2.75) is 32.6 Å². The molecule has 27 heavy (non-hydrogen) atoms. The number of nitrogens with one attached hydrogen (secondary N) is 1. The Hall–Kier alpha value is -2.82. The van der Waals surface area contributed by atoms with Crippen molar-refractivity contribution in [3.63, 3.8) is 0 Å². The second-order valence-corrected chi connectivity index (χ2v) is 7.79. The first-order valence-corrected chi connectivity index (χ1v) is 9.23. The van der Waals surface area contributed by atoms with Crippen LogP contribution in [0.2, 0.25) is 0 Å². The molecule has 0 saturated heterocycles. The quantitative estimate of drug-likeness (QED) is 0.885. The average molecular weight is 366 g/mol. The molecule has 0 fully saturated rings. The van der Waals surface area contributed by atoms with Gasteiger partial charge in [-0.3, -0.25) is 14.5 Å². The van der Waals surface area contributed by atoms with Gasteiger partial charge in [-0.15, -0.1) is 0 Å². The highest BCUT2D eigenvalue weighted by Gasteiger charge is 2.28. The van der Waals surface area contributed by atoms with Crippen molar-refractivity contribution in [1.29, 1.82) is 0 Å². The van der Waals surface area contributed by atoms with Gasteiger partial charge in [0, 0.05) is 6.54 Å². The van der Waals surface area contributed by atoms with Crippen LogP contribution in [0.3, 0.4) is 0 Å². The highest BCUT2D eigenvalue weighted by atomic mass is 16.5. The molecule has 1 aliphatic rings. The Bertz CT molecular complexity index is 825. The summed E-state index contributed by atoms with van der Waals surface area (Å²) in [4.78, 5) is 26.1. The fraction of sp³-hybridized carbons (Fsp3) is 0.364. The zero-order valence-electron chi connectivity index (χ0n) is 16.1. The van der Waals surface area contributed by atoms with Crippen LogP contribution in [0, 0.1) is 0 Å². The van der Waals surface area contributed by atoms with Crippen molar-refractivity contribution in [3.8, 4) is 5.75 Å². The van der Waals surface area contributed by atoms with Gasteiger partial charge in [-0.05, 0) is 35.1 Å². The minimum Gasteiger partial charge on any atom is -0.482 e. The van der Waals surface area contributed by atoms with Gasteiger partial charge in [0.2, 0.25) is 5.91 Å². The van der Waals surface area contributed by atoms with E-state index in [2.05, 4.69) is 26.1 Å². The Balaban J connectivity index is 1.64. The first-order chi connectivity index (χ1) is 12.8. The highest BCUT2D eigenvalue weighted by Crippen LogP contribution is 2.36. The van der Waals surface area contributed by atoms with Crippen molar-refractivity contribution < 1.29 is 14.3 Å². The third kappa shape index (κ3) is 4.67. The summed E-state index contributed by atoms with van der Waals surface area (Å²) >= 11 is 0. The standard InChI is InChI=1S/C22H26N2O3/c1-22(2,3)17-9-10-18-19(13-17)27-15-21(26)24(18)14-20(25)23-12-11-16-7-5-4-6-8-16/h4-10,13H,11-12,14-15H2,1-3H3,(H,23,25). The predicted octanol–water partition coefficient (Wildman–Crippen LogP) is 3.07. The molecule has 1 N–H and O–H groups in total. The van der Waals surface area contributed by atoms with E-state index in [1.54, 1.807) is 0 Å². The molecule has 0 aromatic heterocycles. The molecule has 0 atom stereocenters. The average Bonchev–Trinajstić information content (AvgIpc) is 2.64. The van der Waals surface area contributed by atoms with Crippen molar-refractivity contribution in [1.82, 2.24) is 5.32 Å². The Kier molecular flexibility index (Phi) is 5.49. The Morgan fingerprint density at radius 1 is 1.15 bits per heavy atom. The van der Waals surface area contributed by atoms with Crippen LogP contribution in [0.1, 0.15) is 31.9 Å². The molecule has 5 nitrogen and oxygen atoms in total. The number of benzene rings is 2. The van der Waals surface area contributed by atoms with E-state index < -0.39 is 0 Å². The number of anilines is 1. The van der Waals surface area contributed by atoms with Crippen LogP contribution < -0.4 is 15.0 Å². The number of carbonyl (C=O) groups excluding carboxylic acids is 2. The fourth-order valence-electron chi connectivity index (χ4n) is 3.03. The third-order valence-electron chi connectivity index (χ3n) is 4.65. The molecule has 0 saturated carbocycles. The Morgan fingerprint density at radius 3 is 2.59 bits per heavy atom. The zero-order valence-corrected chi connectivity index (χ0v) is 16.1. The molecule has 0 radical (unpaired) electrons. The van der Waals surface area contributed by atoms with Crippen LogP contribution in [0.5, 0.6) is 5.75 Å². The molecule has 0 bridgehead atoms. The van der Waals surface area contributed by atoms with E-state index in [1.165, 1.54) is 10.5 Å². The summed E-state index contributed by atoms with van der Waals surface area (Å²) in [6.07, 6.45) is 0.759. The lowest BCUT2D eigenvalue weighted by molar-refractivity contribution is -0.125. The molecule has 1 aliphatic heterocycles. The molecule has 5 heteroatoms. The molecule has 2 amide bonds. The molecule has 2 aromatic rings. The molecular formula is C22H26N2O3. The van der Waals surface area contributed by atoms with Crippen molar-refractivity contribution in [2.24, 2.45) is 0 Å². The van der Waals surface area contributed by atoms with Crippen LogP contribution >= 0.6 is 0 Å². The van der Waals surface area contributed by atoms with Gasteiger partial charge in [0.15, 0.2) is 6.61 Å². The van der Waals surface area contributed by atoms with E-state index in [1.807, 2.05) is 48.5 Å². The summed E-state index contributed by atoms with van der Waals surface area (Å²) in [5.41, 5.74) is 2.93. The molecule has 0 aliphatic carbocycles. The maximum absolute atomic E-state index is 12.3. The van der Waals surface area contributed by atoms with Crippen molar-refractivity contribution in [2.75, 3.05) is 24.6 Å². The van der Waals surface area contributed by atoms with Gasteiger partial charge in [0.1, 0.15) is 12.3 Å². The van der Waals surface area contributed by atoms with Gasteiger partial charge in [-0.2, -0.15) is 0 Å². The van der Waals surface area contributed by atoms with E-state index in [0.29, 0.717) is 18.0 Å². The third-order valence-corrected chi connectivity index (χ3v) is 4.65. The topological polar surface area (TPSA) is 58.6 Å². The number of fused-ring (bicyclic) bond motifs is 1. The highest BCUT2D eigenvalue weighted by molar-refractivity contribution is 6.02. The lowest BCUT2D eigenvalue weighted by Gasteiger charge is -2.30. The van der Waals surface area contributed by atoms with Crippen molar-refractivity contribution >= 4 is 17.5 Å². The molecule has 1 heterocycles. The smallest absolute Gasteiger partial charge is 0.265 e. The zero-order chi connectivity index (χ0) is 19.4. The van der Waals surface area contributed by atoms with Gasteiger partial charge in [-0.25, -0.2) is 0 Å². The number of nitrogens with zero attached hydrogens (tertiary/aromatic N) is 1. The summed E-state index contributed by atoms with van der Waals surface area (Å²) in [6.45, 7) is 6.87. The summed E-state index contributed by atoms with van der Waals surface area (Å²) < 4.78 is 5.60. The van der Waals surface area contributed by atoms with E-state index in [4.69, 9.17) is 4.74 Å². The SMILES string of the molecule is CC(C)(C)c1ccc2c(c1)OCC(=O)N2CC(=O)NCCc1ccccc1. The van der Waals surface area contributed by atoms with E-state index in [0.717, 1.165) is 12.0 Å². The van der Waals surface area contributed by atoms with Gasteiger partial charge < -0.3 is 10.1 Å². The molecular weight excluding hydrogens is 340 g/mol. The predicted molar refractivity (Wildman–Crippen MR) is 106 cm³/mol. The maximum atomic E-state index is 12.3. The van der Waals surface area contributed by atoms with Crippen LogP contribution in [0.25, 0.3) is 0 Å². The Labute approximate surface area is 160 Å². The van der Waals surface area contributed by atoms with Gasteiger partial charge in [-0.1, -0.05) is 57.2 Å². The number of hydrogen-bond acceptors (Lipinski definition) is 3. The summed E-state index contributed by atoms with van der Waals surface area (Å²) in [6, 6.07) is 15.8. The normalized spacial score (nSPS) is 13.7. The first kappa shape index (κ1) is 19.0. The van der Waals surface area contributed by atoms with E-state index in [-0.39, 0.29) is 30.4 Å². The van der Waals surface area contributed by atoms with Gasteiger partial charge in [0.25, 0.3) is 5.91 Å². The molecule has 0 unspecified atom stereocenters. The molecule has 0 spiro atoms. The summed E-state index contributed by atoms with van der Waals surface area (Å²) in [5, 5.41) is 2.89. The van der Waals surface area contributed by atoms with Crippen LogP contribution in [-0.4, -0.2) is 31.5 Å². The minimum absolute atomic E-state index is 0.00114. The summed E-state index contributed by atoms with van der Waals surface area (Å²) in [7, 11) is 0. The maximum Gasteiger partial charge on any atom is 0.265 e. The fourth-order valence-corrected chi connectivity index (χ4v) is 3.03. The number of amides is 2. The number of carbonyl (C=O) groups is 2. The van der Waals surface area contributed by atoms with Crippen LogP contribution in [-0.2, 0) is 21.4 Å². The van der Waals surface area contributed by atoms with Crippen LogP contribution in [0.4, 0.5) is 5.69 Å². The second-order valence-electron chi connectivity index (χ2n) is 7.79. The number of ether oxygens (including phenoxy) is 1. The monoisotopic (exact) mass is 366 g/mol. The Morgan fingerprint density at radius 2 is 1.89 bits per heavy atom. The molecule has 142 valence electrons. The second kappa shape index (κ2) is 7.82. The van der Waals surface area contributed by atoms with Gasteiger partial charge in [0.05, 0.1) is 5.69 Å². The molecule has 2 aromatic carbocycles. The van der Waals surface area contributed by atoms with Crippen LogP contribution in [0.15, 0.2) is 48.5 Å². The number of rotatable bonds is 5. The van der Waals surface area contributed by atoms with Crippen molar-refractivity contribution in [3.05, 3.63) is 59.7 Å². The lowest BCUT2D eigenvalue weighted by atomic mass is 9.86. The molecule has 3 rings (SSSR count). The van der Waals surface area contributed by atoms with E-state index in [9.17, 15) is 9.59 Å².